The zero-order valence-electron chi connectivity index (χ0n) is 19.0. The molecular formula is C23H27Cl2FN2O5S. The summed E-state index contributed by atoms with van der Waals surface area (Å²) in [5, 5.41) is 12.2. The monoisotopic (exact) mass is 532 g/mol. The standard InChI is InChI=1S/C23H27Cl2FN2O5S/c1-14(2)22(23(30)31)27-21(29)6-4-5-15(3)28(20-13-17(25)9-12-19(20)26)34(32,33)18-10-7-16(24)8-11-18/h7-15,22H,4-6H2,1-3H3,(H,27,29)(H,30,31)/t15?,22-/m0/s1. The Balaban J connectivity index is 2.26. The molecule has 1 unspecified atom stereocenters. The first kappa shape index (κ1) is 27.9. The molecule has 0 aromatic heterocycles. The first-order chi connectivity index (χ1) is 15.8. The van der Waals surface area contributed by atoms with Crippen molar-refractivity contribution in [1.82, 2.24) is 5.32 Å². The summed E-state index contributed by atoms with van der Waals surface area (Å²) in [4.78, 5) is 23.4. The first-order valence-corrected chi connectivity index (χ1v) is 12.8. The smallest absolute Gasteiger partial charge is 0.326 e. The van der Waals surface area contributed by atoms with E-state index in [-0.39, 0.29) is 40.8 Å². The van der Waals surface area contributed by atoms with Crippen LogP contribution in [0.25, 0.3) is 0 Å². The molecule has 186 valence electrons. The molecular weight excluding hydrogens is 506 g/mol. The van der Waals surface area contributed by atoms with Crippen LogP contribution in [0, 0.1) is 11.7 Å². The highest BCUT2D eigenvalue weighted by atomic mass is 35.5. The van der Waals surface area contributed by atoms with Gasteiger partial charge in [0.15, 0.2) is 0 Å². The normalized spacial score (nSPS) is 13.4. The fourth-order valence-electron chi connectivity index (χ4n) is 3.41. The molecule has 0 radical (unpaired) electrons. The summed E-state index contributed by atoms with van der Waals surface area (Å²) in [6, 6.07) is 7.35. The fourth-order valence-corrected chi connectivity index (χ4v) is 5.39. The Bertz CT molecular complexity index is 1130. The van der Waals surface area contributed by atoms with Gasteiger partial charge in [0.05, 0.1) is 10.6 Å². The van der Waals surface area contributed by atoms with Gasteiger partial charge < -0.3 is 10.4 Å². The summed E-state index contributed by atoms with van der Waals surface area (Å²) in [6.45, 7) is 4.96. The largest absolute Gasteiger partial charge is 0.480 e. The Morgan fingerprint density at radius 2 is 1.65 bits per heavy atom. The Morgan fingerprint density at radius 3 is 2.21 bits per heavy atom. The lowest BCUT2D eigenvalue weighted by Gasteiger charge is -2.31. The molecule has 2 N–H and O–H groups in total. The SMILES string of the molecule is CC(C)[C@H](NC(=O)CCCC(C)N(c1cc(Cl)ccc1F)S(=O)(=O)c1ccc(Cl)cc1)C(=O)O. The number of sulfonamides is 1. The Morgan fingerprint density at radius 1 is 1.06 bits per heavy atom. The summed E-state index contributed by atoms with van der Waals surface area (Å²) < 4.78 is 42.6. The lowest BCUT2D eigenvalue weighted by atomic mass is 10.0. The number of amides is 1. The molecule has 0 saturated heterocycles. The number of hydrogen-bond acceptors (Lipinski definition) is 4. The Kier molecular flexibility index (Phi) is 9.73. The number of carbonyl (C=O) groups is 2. The highest BCUT2D eigenvalue weighted by Crippen LogP contribution is 2.32. The van der Waals surface area contributed by atoms with Crippen molar-refractivity contribution < 1.29 is 27.5 Å². The van der Waals surface area contributed by atoms with Crippen LogP contribution in [0.5, 0.6) is 0 Å². The van der Waals surface area contributed by atoms with E-state index in [9.17, 15) is 27.5 Å². The number of nitrogens with zero attached hydrogens (tertiary/aromatic N) is 1. The summed E-state index contributed by atoms with van der Waals surface area (Å²) in [5.41, 5.74) is -0.217. The van der Waals surface area contributed by atoms with Crippen LogP contribution in [0.15, 0.2) is 47.4 Å². The first-order valence-electron chi connectivity index (χ1n) is 10.6. The lowest BCUT2D eigenvalue weighted by Crippen LogP contribution is -2.44. The molecule has 0 bridgehead atoms. The third-order valence-electron chi connectivity index (χ3n) is 5.19. The van der Waals surface area contributed by atoms with Crippen LogP contribution in [-0.4, -0.2) is 37.5 Å². The molecule has 0 aliphatic heterocycles. The lowest BCUT2D eigenvalue weighted by molar-refractivity contribution is -0.143. The van der Waals surface area contributed by atoms with Crippen LogP contribution in [0.2, 0.25) is 10.0 Å². The van der Waals surface area contributed by atoms with Crippen LogP contribution in [0.3, 0.4) is 0 Å². The van der Waals surface area contributed by atoms with Gasteiger partial charge in [-0.3, -0.25) is 9.10 Å². The van der Waals surface area contributed by atoms with E-state index in [0.717, 1.165) is 10.4 Å². The Labute approximate surface area is 208 Å². The summed E-state index contributed by atoms with van der Waals surface area (Å²) in [7, 11) is -4.20. The predicted octanol–water partition coefficient (Wildman–Crippen LogP) is 5.11. The van der Waals surface area contributed by atoms with Gasteiger partial charge in [0, 0.05) is 22.5 Å². The molecule has 2 atom stereocenters. The number of nitrogens with one attached hydrogen (secondary N) is 1. The summed E-state index contributed by atoms with van der Waals surface area (Å²) in [5.74, 6) is -2.67. The minimum absolute atomic E-state index is 0.0201. The fraction of sp³-hybridized carbons (Fsp3) is 0.391. The predicted molar refractivity (Wildman–Crippen MR) is 130 cm³/mol. The van der Waals surface area contributed by atoms with Crippen molar-refractivity contribution >= 4 is 50.8 Å². The van der Waals surface area contributed by atoms with E-state index in [4.69, 9.17) is 23.2 Å². The van der Waals surface area contributed by atoms with E-state index in [1.165, 1.54) is 36.4 Å². The average molecular weight is 533 g/mol. The van der Waals surface area contributed by atoms with Crippen LogP contribution in [0.4, 0.5) is 10.1 Å². The van der Waals surface area contributed by atoms with Gasteiger partial charge in [0.2, 0.25) is 5.91 Å². The maximum absolute atomic E-state index is 14.7. The second-order valence-electron chi connectivity index (χ2n) is 8.22. The van der Waals surface area contributed by atoms with Gasteiger partial charge in [0.25, 0.3) is 10.0 Å². The number of anilines is 1. The van der Waals surface area contributed by atoms with Gasteiger partial charge in [0.1, 0.15) is 11.9 Å². The third-order valence-corrected chi connectivity index (χ3v) is 7.62. The molecule has 2 aromatic carbocycles. The number of carbonyl (C=O) groups excluding carboxylic acids is 1. The zero-order valence-corrected chi connectivity index (χ0v) is 21.3. The number of benzene rings is 2. The Hall–Kier alpha value is -2.36. The van der Waals surface area contributed by atoms with Crippen LogP contribution in [-0.2, 0) is 19.6 Å². The molecule has 34 heavy (non-hydrogen) atoms. The van der Waals surface area contributed by atoms with E-state index in [0.29, 0.717) is 5.02 Å². The van der Waals surface area contributed by atoms with E-state index < -0.39 is 39.8 Å². The molecule has 0 fully saturated rings. The van der Waals surface area contributed by atoms with E-state index in [1.807, 2.05) is 0 Å². The molecule has 0 aliphatic rings. The van der Waals surface area contributed by atoms with Crippen molar-refractivity contribution in [2.24, 2.45) is 5.92 Å². The maximum Gasteiger partial charge on any atom is 0.326 e. The highest BCUT2D eigenvalue weighted by Gasteiger charge is 2.32. The van der Waals surface area contributed by atoms with Gasteiger partial charge in [-0.05, 0) is 68.1 Å². The van der Waals surface area contributed by atoms with Gasteiger partial charge in [-0.15, -0.1) is 0 Å². The van der Waals surface area contributed by atoms with Crippen LogP contribution in [0.1, 0.15) is 40.0 Å². The molecule has 1 amide bonds. The summed E-state index contributed by atoms with van der Waals surface area (Å²) in [6.07, 6.45) is 0.422. The quantitative estimate of drug-likeness (QED) is 0.418. The van der Waals surface area contributed by atoms with Crippen molar-refractivity contribution in [3.8, 4) is 0 Å². The van der Waals surface area contributed by atoms with Crippen molar-refractivity contribution in [1.29, 1.82) is 0 Å². The van der Waals surface area contributed by atoms with Gasteiger partial charge in [-0.25, -0.2) is 17.6 Å². The number of carboxylic acid groups (broad SMARTS) is 1. The van der Waals surface area contributed by atoms with Crippen molar-refractivity contribution in [3.05, 3.63) is 58.3 Å². The average Bonchev–Trinajstić information content (AvgIpc) is 2.74. The molecule has 0 aliphatic carbocycles. The number of aliphatic carboxylic acids is 1. The molecule has 0 spiro atoms. The maximum atomic E-state index is 14.7. The van der Waals surface area contributed by atoms with Gasteiger partial charge in [-0.2, -0.15) is 0 Å². The highest BCUT2D eigenvalue weighted by molar-refractivity contribution is 7.92. The third kappa shape index (κ3) is 7.07. The minimum Gasteiger partial charge on any atom is -0.480 e. The topological polar surface area (TPSA) is 104 Å². The second-order valence-corrected chi connectivity index (χ2v) is 10.9. The summed E-state index contributed by atoms with van der Waals surface area (Å²) >= 11 is 11.9. The minimum atomic E-state index is -4.20. The van der Waals surface area contributed by atoms with Crippen LogP contribution < -0.4 is 9.62 Å². The van der Waals surface area contributed by atoms with Crippen LogP contribution >= 0.6 is 23.2 Å². The molecule has 0 saturated carbocycles. The molecule has 7 nitrogen and oxygen atoms in total. The van der Waals surface area contributed by atoms with E-state index in [2.05, 4.69) is 5.32 Å². The van der Waals surface area contributed by atoms with Crippen molar-refractivity contribution in [2.75, 3.05) is 4.31 Å². The number of halogens is 3. The van der Waals surface area contributed by atoms with E-state index >= 15 is 0 Å². The van der Waals surface area contributed by atoms with Crippen molar-refractivity contribution in [2.45, 2.75) is 57.0 Å². The molecule has 2 rings (SSSR count). The molecule has 11 heteroatoms. The molecule has 2 aromatic rings. The number of carboxylic acids is 1. The zero-order chi connectivity index (χ0) is 25.6. The van der Waals surface area contributed by atoms with E-state index in [1.54, 1.807) is 20.8 Å². The van der Waals surface area contributed by atoms with Gasteiger partial charge in [-0.1, -0.05) is 37.0 Å². The number of rotatable bonds is 11. The van der Waals surface area contributed by atoms with Crippen molar-refractivity contribution in [3.63, 3.8) is 0 Å². The van der Waals surface area contributed by atoms with Gasteiger partial charge >= 0.3 is 5.97 Å². The number of hydrogen-bond donors (Lipinski definition) is 2. The second kappa shape index (κ2) is 11.9. The molecule has 0 heterocycles.